The van der Waals surface area contributed by atoms with Crippen LogP contribution in [0.4, 0.5) is 5.13 Å². The largest absolute Gasteiger partial charge is 0.466 e. The molecule has 0 spiro atoms. The highest BCUT2D eigenvalue weighted by Gasteiger charge is 2.34. The third-order valence-electron chi connectivity index (χ3n) is 4.22. The minimum Gasteiger partial charge on any atom is -0.466 e. The Balaban J connectivity index is 1.76. The van der Waals surface area contributed by atoms with Gasteiger partial charge in [-0.1, -0.05) is 13.3 Å². The van der Waals surface area contributed by atoms with E-state index in [1.54, 1.807) is 11.3 Å². The van der Waals surface area contributed by atoms with Crippen LogP contribution in [0.2, 0.25) is 0 Å². The Bertz CT molecular complexity index is 435. The number of carbonyl (C=O) groups excluding carboxylic acids is 1. The monoisotopic (exact) mass is 296 g/mol. The molecule has 0 unspecified atom stereocenters. The van der Waals surface area contributed by atoms with E-state index in [4.69, 9.17) is 4.74 Å². The number of aryl methyl sites for hydroxylation is 1. The van der Waals surface area contributed by atoms with Crippen LogP contribution in [-0.4, -0.2) is 24.1 Å². The van der Waals surface area contributed by atoms with Crippen LogP contribution in [-0.2, 0) is 16.0 Å². The van der Waals surface area contributed by atoms with Gasteiger partial charge in [-0.3, -0.25) is 4.79 Å². The summed E-state index contributed by atoms with van der Waals surface area (Å²) in [5.41, 5.74) is 1.47. The van der Waals surface area contributed by atoms with E-state index in [1.807, 2.05) is 12.3 Å². The summed E-state index contributed by atoms with van der Waals surface area (Å²) >= 11 is 1.63. The fourth-order valence-corrected chi connectivity index (χ4v) is 3.31. The zero-order valence-electron chi connectivity index (χ0n) is 12.4. The van der Waals surface area contributed by atoms with E-state index in [0.717, 1.165) is 17.4 Å². The van der Waals surface area contributed by atoms with Crippen molar-refractivity contribution in [1.29, 1.82) is 0 Å². The Labute approximate surface area is 124 Å². The maximum absolute atomic E-state index is 11.3. The maximum Gasteiger partial charge on any atom is 0.306 e. The molecule has 5 heteroatoms. The third-order valence-corrected chi connectivity index (χ3v) is 5.07. The highest BCUT2D eigenvalue weighted by Crippen LogP contribution is 2.43. The molecule has 1 heterocycles. The first-order chi connectivity index (χ1) is 9.67. The van der Waals surface area contributed by atoms with Crippen molar-refractivity contribution in [2.75, 3.05) is 18.5 Å². The molecule has 20 heavy (non-hydrogen) atoms. The van der Waals surface area contributed by atoms with Crippen molar-refractivity contribution >= 4 is 22.4 Å². The number of rotatable bonds is 8. The highest BCUT2D eigenvalue weighted by atomic mass is 32.1. The first-order valence-electron chi connectivity index (χ1n) is 7.51. The molecule has 2 rings (SSSR count). The van der Waals surface area contributed by atoms with Crippen molar-refractivity contribution in [3.05, 3.63) is 11.1 Å². The van der Waals surface area contributed by atoms with Gasteiger partial charge in [-0.2, -0.15) is 0 Å². The fourth-order valence-electron chi connectivity index (χ4n) is 2.56. The van der Waals surface area contributed by atoms with Gasteiger partial charge in [0.1, 0.15) is 0 Å². The van der Waals surface area contributed by atoms with Gasteiger partial charge in [-0.05, 0) is 31.6 Å². The summed E-state index contributed by atoms with van der Waals surface area (Å²) in [5.74, 6) is -0.144. The van der Waals surface area contributed by atoms with E-state index < -0.39 is 0 Å². The molecular formula is C15H24N2O2S. The molecule has 0 amide bonds. The van der Waals surface area contributed by atoms with Crippen LogP contribution >= 0.6 is 11.3 Å². The van der Waals surface area contributed by atoms with Crippen LogP contribution in [0.5, 0.6) is 0 Å². The smallest absolute Gasteiger partial charge is 0.306 e. The lowest BCUT2D eigenvalue weighted by atomic mass is 9.67. The van der Waals surface area contributed by atoms with Crippen molar-refractivity contribution in [3.63, 3.8) is 0 Å². The number of thiazole rings is 1. The number of aromatic nitrogens is 1. The Hall–Kier alpha value is -1.10. The van der Waals surface area contributed by atoms with Crippen molar-refractivity contribution in [3.8, 4) is 0 Å². The summed E-state index contributed by atoms with van der Waals surface area (Å²) in [5, 5.41) is 6.47. The predicted octanol–water partition coefficient (Wildman–Crippen LogP) is 3.63. The van der Waals surface area contributed by atoms with Gasteiger partial charge < -0.3 is 10.1 Å². The number of anilines is 1. The quantitative estimate of drug-likeness (QED) is 0.744. The molecule has 0 bridgehead atoms. The second kappa shape index (κ2) is 7.07. The summed E-state index contributed by atoms with van der Waals surface area (Å²) in [6.45, 7) is 5.57. The van der Waals surface area contributed by atoms with Gasteiger partial charge in [0.25, 0.3) is 0 Å². The molecule has 0 radical (unpaired) electrons. The summed E-state index contributed by atoms with van der Waals surface area (Å²) in [6, 6.07) is 0. The van der Waals surface area contributed by atoms with Gasteiger partial charge in [0.2, 0.25) is 0 Å². The van der Waals surface area contributed by atoms with Crippen molar-refractivity contribution in [1.82, 2.24) is 4.98 Å². The van der Waals surface area contributed by atoms with Crippen LogP contribution in [0.15, 0.2) is 5.38 Å². The molecule has 1 N–H and O–H groups in total. The number of ether oxygens (including phenoxy) is 1. The molecule has 0 atom stereocenters. The fraction of sp³-hybridized carbons (Fsp3) is 0.733. The number of carbonyl (C=O) groups is 1. The molecule has 1 aliphatic carbocycles. The van der Waals surface area contributed by atoms with Gasteiger partial charge in [-0.15, -0.1) is 11.3 Å². The second-order valence-corrected chi connectivity index (χ2v) is 6.37. The van der Waals surface area contributed by atoms with Gasteiger partial charge in [0, 0.05) is 18.3 Å². The molecule has 0 saturated heterocycles. The lowest BCUT2D eigenvalue weighted by Gasteiger charge is -2.41. The molecule has 1 aliphatic rings. The van der Waals surface area contributed by atoms with E-state index in [9.17, 15) is 4.79 Å². The second-order valence-electron chi connectivity index (χ2n) is 5.51. The Kier molecular flexibility index (Phi) is 5.40. The zero-order valence-corrected chi connectivity index (χ0v) is 13.2. The third kappa shape index (κ3) is 3.95. The van der Waals surface area contributed by atoms with Gasteiger partial charge in [-0.25, -0.2) is 4.98 Å². The predicted molar refractivity (Wildman–Crippen MR) is 82.1 cm³/mol. The molecule has 1 fully saturated rings. The summed E-state index contributed by atoms with van der Waals surface area (Å²) in [6.07, 6.45) is 6.33. The molecule has 1 aromatic rings. The van der Waals surface area contributed by atoms with Crippen molar-refractivity contribution in [2.45, 2.75) is 52.4 Å². The van der Waals surface area contributed by atoms with Crippen LogP contribution in [0.3, 0.4) is 0 Å². The zero-order chi connectivity index (χ0) is 14.4. The number of nitrogens with one attached hydrogen (secondary N) is 1. The number of nitrogens with zero attached hydrogens (tertiary/aromatic N) is 1. The molecule has 4 nitrogen and oxygen atoms in total. The van der Waals surface area contributed by atoms with E-state index in [2.05, 4.69) is 17.2 Å². The van der Waals surface area contributed by atoms with Crippen LogP contribution in [0, 0.1) is 5.41 Å². The highest BCUT2D eigenvalue weighted by molar-refractivity contribution is 7.13. The molecule has 112 valence electrons. The van der Waals surface area contributed by atoms with E-state index in [0.29, 0.717) is 24.9 Å². The minimum absolute atomic E-state index is 0.144. The van der Waals surface area contributed by atoms with E-state index in [1.165, 1.54) is 25.7 Å². The number of hydrogen-bond acceptors (Lipinski definition) is 5. The van der Waals surface area contributed by atoms with Crippen LogP contribution in [0.1, 0.15) is 51.6 Å². The van der Waals surface area contributed by atoms with Crippen molar-refractivity contribution in [2.24, 2.45) is 5.41 Å². The topological polar surface area (TPSA) is 51.2 Å². The Morgan fingerprint density at radius 3 is 2.90 bits per heavy atom. The Morgan fingerprint density at radius 1 is 1.50 bits per heavy atom. The van der Waals surface area contributed by atoms with Crippen molar-refractivity contribution < 1.29 is 9.53 Å². The Morgan fingerprint density at radius 2 is 2.30 bits per heavy atom. The molecule has 0 aliphatic heterocycles. The van der Waals surface area contributed by atoms with Crippen LogP contribution < -0.4 is 5.32 Å². The SMILES string of the molecule is CCOC(=O)CCc1csc(NCC2(CC)CCC2)n1. The summed E-state index contributed by atoms with van der Waals surface area (Å²) < 4.78 is 4.92. The average Bonchev–Trinajstić information content (AvgIpc) is 2.84. The summed E-state index contributed by atoms with van der Waals surface area (Å²) in [4.78, 5) is 15.8. The van der Waals surface area contributed by atoms with Gasteiger partial charge in [0.15, 0.2) is 5.13 Å². The average molecular weight is 296 g/mol. The van der Waals surface area contributed by atoms with Gasteiger partial charge >= 0.3 is 5.97 Å². The lowest BCUT2D eigenvalue weighted by molar-refractivity contribution is -0.143. The van der Waals surface area contributed by atoms with Gasteiger partial charge in [0.05, 0.1) is 18.7 Å². The van der Waals surface area contributed by atoms with E-state index in [-0.39, 0.29) is 5.97 Å². The number of esters is 1. The summed E-state index contributed by atoms with van der Waals surface area (Å²) in [7, 11) is 0. The minimum atomic E-state index is -0.144. The standard InChI is InChI=1S/C15H24N2O2S/c1-3-15(8-5-9-15)11-16-14-17-12(10-20-14)6-7-13(18)19-4-2/h10H,3-9,11H2,1-2H3,(H,16,17). The molecule has 1 saturated carbocycles. The maximum atomic E-state index is 11.3. The lowest BCUT2D eigenvalue weighted by Crippen LogP contribution is -2.35. The molecular weight excluding hydrogens is 272 g/mol. The van der Waals surface area contributed by atoms with Crippen LogP contribution in [0.25, 0.3) is 0 Å². The molecule has 1 aromatic heterocycles. The first-order valence-corrected chi connectivity index (χ1v) is 8.39. The number of hydrogen-bond donors (Lipinski definition) is 1. The normalized spacial score (nSPS) is 16.5. The molecule has 0 aromatic carbocycles. The first kappa shape index (κ1) is 15.3. The van der Waals surface area contributed by atoms with E-state index >= 15 is 0 Å².